The molecule has 12 heavy (non-hydrogen) atoms. The van der Waals surface area contributed by atoms with Crippen LogP contribution in [0.1, 0.15) is 6.92 Å². The van der Waals surface area contributed by atoms with Crippen LogP contribution in [0.4, 0.5) is 5.69 Å². The predicted octanol–water partition coefficient (Wildman–Crippen LogP) is 1.64. The highest BCUT2D eigenvalue weighted by molar-refractivity contribution is 9.10. The van der Waals surface area contributed by atoms with Crippen molar-refractivity contribution in [3.63, 3.8) is 0 Å². The van der Waals surface area contributed by atoms with Crippen LogP contribution in [-0.2, 0) is 0 Å². The molecule has 0 radical (unpaired) electrons. The molecule has 0 fully saturated rings. The van der Waals surface area contributed by atoms with Crippen LogP contribution in [0.25, 0.3) is 0 Å². The summed E-state index contributed by atoms with van der Waals surface area (Å²) in [5.41, 5.74) is 0.908. The van der Waals surface area contributed by atoms with E-state index in [1.54, 1.807) is 12.4 Å². The van der Waals surface area contributed by atoms with Gasteiger partial charge in [-0.2, -0.15) is 0 Å². The van der Waals surface area contributed by atoms with Crippen LogP contribution in [0.3, 0.4) is 0 Å². The lowest BCUT2D eigenvalue weighted by molar-refractivity contribution is 0.281. The largest absolute Gasteiger partial charge is 0.394 e. The molecule has 0 spiro atoms. The maximum atomic E-state index is 8.77. The van der Waals surface area contributed by atoms with Gasteiger partial charge < -0.3 is 10.4 Å². The van der Waals surface area contributed by atoms with Crippen LogP contribution in [0.15, 0.2) is 22.9 Å². The van der Waals surface area contributed by atoms with E-state index < -0.39 is 0 Å². The second-order valence-electron chi connectivity index (χ2n) is 2.62. The Hall–Kier alpha value is -0.610. The molecule has 2 N–H and O–H groups in total. The smallest absolute Gasteiger partial charge is 0.0630 e. The first kappa shape index (κ1) is 9.48. The molecule has 3 nitrogen and oxygen atoms in total. The van der Waals surface area contributed by atoms with E-state index in [0.29, 0.717) is 0 Å². The van der Waals surface area contributed by atoms with E-state index >= 15 is 0 Å². The fraction of sp³-hybridized carbons (Fsp3) is 0.375. The Morgan fingerprint density at radius 3 is 3.00 bits per heavy atom. The van der Waals surface area contributed by atoms with Gasteiger partial charge >= 0.3 is 0 Å². The summed E-state index contributed by atoms with van der Waals surface area (Å²) in [6, 6.07) is 1.97. The van der Waals surface area contributed by atoms with E-state index in [9.17, 15) is 0 Å². The van der Waals surface area contributed by atoms with E-state index in [2.05, 4.69) is 26.2 Å². The number of halogens is 1. The number of rotatable bonds is 3. The molecule has 1 rings (SSSR count). The minimum atomic E-state index is 0.0566. The summed E-state index contributed by atoms with van der Waals surface area (Å²) in [6.45, 7) is 2.02. The van der Waals surface area contributed by atoms with Crippen LogP contribution >= 0.6 is 15.9 Å². The molecule has 0 aliphatic rings. The van der Waals surface area contributed by atoms with Crippen molar-refractivity contribution >= 4 is 21.6 Å². The Balaban J connectivity index is 2.63. The highest BCUT2D eigenvalue weighted by Crippen LogP contribution is 2.14. The fourth-order valence-corrected chi connectivity index (χ4v) is 1.19. The zero-order valence-corrected chi connectivity index (χ0v) is 8.37. The maximum Gasteiger partial charge on any atom is 0.0630 e. The van der Waals surface area contributed by atoms with Gasteiger partial charge in [0.05, 0.1) is 18.5 Å². The molecule has 66 valence electrons. The number of aliphatic hydroxyl groups is 1. The summed E-state index contributed by atoms with van der Waals surface area (Å²) in [5.74, 6) is 0. The number of anilines is 1. The summed E-state index contributed by atoms with van der Waals surface area (Å²) in [7, 11) is 0. The van der Waals surface area contributed by atoms with Gasteiger partial charge in [-0.05, 0) is 28.9 Å². The topological polar surface area (TPSA) is 45.1 Å². The molecule has 0 amide bonds. The molecule has 1 aromatic rings. The molecule has 0 aliphatic heterocycles. The molecule has 0 saturated heterocycles. The lowest BCUT2D eigenvalue weighted by Gasteiger charge is -2.11. The van der Waals surface area contributed by atoms with E-state index in [4.69, 9.17) is 5.11 Å². The molecule has 4 heteroatoms. The van der Waals surface area contributed by atoms with Crippen LogP contribution in [0.5, 0.6) is 0 Å². The van der Waals surface area contributed by atoms with Gasteiger partial charge in [0.1, 0.15) is 0 Å². The molecule has 0 saturated carbocycles. The predicted molar refractivity (Wildman–Crippen MR) is 52.1 cm³/mol. The number of aromatic nitrogens is 1. The summed E-state index contributed by atoms with van der Waals surface area (Å²) in [6.07, 6.45) is 3.44. The Bertz CT molecular complexity index is 255. The fourth-order valence-electron chi connectivity index (χ4n) is 0.821. The van der Waals surface area contributed by atoms with Crippen molar-refractivity contribution in [2.24, 2.45) is 0 Å². The average molecular weight is 231 g/mol. The minimum Gasteiger partial charge on any atom is -0.394 e. The zero-order valence-electron chi connectivity index (χ0n) is 6.79. The van der Waals surface area contributed by atoms with Crippen molar-refractivity contribution in [3.8, 4) is 0 Å². The van der Waals surface area contributed by atoms with E-state index in [0.717, 1.165) is 10.2 Å². The number of pyridine rings is 1. The zero-order chi connectivity index (χ0) is 8.97. The third kappa shape index (κ3) is 2.79. The molecule has 1 heterocycles. The molecule has 0 bridgehead atoms. The summed E-state index contributed by atoms with van der Waals surface area (Å²) >= 11 is 3.31. The van der Waals surface area contributed by atoms with Crippen LogP contribution < -0.4 is 5.32 Å². The Kier molecular flexibility index (Phi) is 3.49. The molecule has 0 unspecified atom stereocenters. The molecule has 0 aromatic carbocycles. The van der Waals surface area contributed by atoms with Gasteiger partial charge in [0.2, 0.25) is 0 Å². The standard InChI is InChI=1S/C8H11BrN2O/c1-6(5-12)11-8-2-7(9)3-10-4-8/h2-4,6,11-12H,5H2,1H3/t6-/m0/s1. The van der Waals surface area contributed by atoms with Crippen LogP contribution in [0.2, 0.25) is 0 Å². The van der Waals surface area contributed by atoms with Crippen molar-refractivity contribution in [1.82, 2.24) is 4.98 Å². The lowest BCUT2D eigenvalue weighted by atomic mass is 10.3. The first-order valence-electron chi connectivity index (χ1n) is 3.70. The first-order valence-corrected chi connectivity index (χ1v) is 4.49. The van der Waals surface area contributed by atoms with E-state index in [1.165, 1.54) is 0 Å². The van der Waals surface area contributed by atoms with Gasteiger partial charge in [0, 0.05) is 16.7 Å². The third-order valence-electron chi connectivity index (χ3n) is 1.39. The highest BCUT2D eigenvalue weighted by atomic mass is 79.9. The Morgan fingerprint density at radius 1 is 1.67 bits per heavy atom. The van der Waals surface area contributed by atoms with Crippen molar-refractivity contribution in [2.75, 3.05) is 11.9 Å². The SMILES string of the molecule is C[C@@H](CO)Nc1cncc(Br)c1. The lowest BCUT2D eigenvalue weighted by Crippen LogP contribution is -2.19. The quantitative estimate of drug-likeness (QED) is 0.831. The van der Waals surface area contributed by atoms with Gasteiger partial charge in [-0.1, -0.05) is 0 Å². The number of hydrogen-bond acceptors (Lipinski definition) is 3. The van der Waals surface area contributed by atoms with Gasteiger partial charge in [0.25, 0.3) is 0 Å². The van der Waals surface area contributed by atoms with Crippen LogP contribution in [-0.4, -0.2) is 22.7 Å². The number of aliphatic hydroxyl groups excluding tert-OH is 1. The van der Waals surface area contributed by atoms with Crippen molar-refractivity contribution in [1.29, 1.82) is 0 Å². The van der Waals surface area contributed by atoms with Gasteiger partial charge in [-0.25, -0.2) is 0 Å². The second-order valence-corrected chi connectivity index (χ2v) is 3.54. The molecule has 1 atom stereocenters. The number of nitrogens with zero attached hydrogens (tertiary/aromatic N) is 1. The maximum absolute atomic E-state index is 8.77. The number of hydrogen-bond donors (Lipinski definition) is 2. The second kappa shape index (κ2) is 4.42. The molecule has 1 aromatic heterocycles. The minimum absolute atomic E-state index is 0.0566. The summed E-state index contributed by atoms with van der Waals surface area (Å²) in [4.78, 5) is 3.98. The van der Waals surface area contributed by atoms with E-state index in [-0.39, 0.29) is 12.6 Å². The van der Waals surface area contributed by atoms with Gasteiger partial charge in [-0.3, -0.25) is 4.98 Å². The van der Waals surface area contributed by atoms with Crippen LogP contribution in [0, 0.1) is 0 Å². The molecular weight excluding hydrogens is 220 g/mol. The molecule has 0 aliphatic carbocycles. The van der Waals surface area contributed by atoms with Crippen molar-refractivity contribution in [3.05, 3.63) is 22.9 Å². The van der Waals surface area contributed by atoms with Gasteiger partial charge in [0.15, 0.2) is 0 Å². The third-order valence-corrected chi connectivity index (χ3v) is 1.83. The number of nitrogens with one attached hydrogen (secondary N) is 1. The Morgan fingerprint density at radius 2 is 2.42 bits per heavy atom. The van der Waals surface area contributed by atoms with Crippen molar-refractivity contribution in [2.45, 2.75) is 13.0 Å². The average Bonchev–Trinajstić information content (AvgIpc) is 2.04. The van der Waals surface area contributed by atoms with Gasteiger partial charge in [-0.15, -0.1) is 0 Å². The normalized spacial score (nSPS) is 12.6. The summed E-state index contributed by atoms with van der Waals surface area (Å²) in [5, 5.41) is 11.9. The Labute approximate surface area is 80.0 Å². The van der Waals surface area contributed by atoms with Crippen molar-refractivity contribution < 1.29 is 5.11 Å². The first-order chi connectivity index (χ1) is 5.72. The highest BCUT2D eigenvalue weighted by Gasteiger charge is 1.99. The monoisotopic (exact) mass is 230 g/mol. The summed E-state index contributed by atoms with van der Waals surface area (Å²) < 4.78 is 0.928. The molecular formula is C8H11BrN2O. The van der Waals surface area contributed by atoms with E-state index in [1.807, 2.05) is 13.0 Å².